The number of carbonyl (C=O) groups is 2. The fourth-order valence-corrected chi connectivity index (χ4v) is 6.46. The fraction of sp³-hybridized carbons (Fsp3) is 0.286. The molecular weight excluding hydrogens is 520 g/mol. The van der Waals surface area contributed by atoms with Gasteiger partial charge >= 0.3 is 0 Å². The lowest BCUT2D eigenvalue weighted by atomic mass is 9.82. The molecule has 0 aliphatic heterocycles. The molecule has 1 aromatic heterocycles. The minimum atomic E-state index is -3.96. The molecule has 0 bridgehead atoms. The standard InChI is InChI=1S/C28H28N4O4S2/c1-3-26(27(34)30-23-10-12-24(13-11-23)38(35,36)32-18(2)33)37-28-22(17-29)16-21-15-20(9-14-25(21)31-28)19-7-5-4-6-8-19/h4-8,10-13,16,20,26H,3,9,14-15H2,1-2H3,(H,30,34)(H,32,33). The van der Waals surface area contributed by atoms with Gasteiger partial charge in [-0.2, -0.15) is 5.26 Å². The maximum Gasteiger partial charge on any atom is 0.264 e. The van der Waals surface area contributed by atoms with Gasteiger partial charge in [0.15, 0.2) is 0 Å². The first kappa shape index (κ1) is 27.4. The zero-order chi connectivity index (χ0) is 27.3. The first-order valence-electron chi connectivity index (χ1n) is 12.3. The molecule has 4 rings (SSSR count). The second-order valence-corrected chi connectivity index (χ2v) is 12.0. The number of thioether (sulfide) groups is 1. The predicted octanol–water partition coefficient (Wildman–Crippen LogP) is 4.56. The first-order valence-corrected chi connectivity index (χ1v) is 14.6. The third-order valence-corrected chi connectivity index (χ3v) is 9.19. The normalized spacial score (nSPS) is 15.6. The van der Waals surface area contributed by atoms with Crippen molar-refractivity contribution < 1.29 is 18.0 Å². The Bertz CT molecular complexity index is 1480. The molecule has 0 saturated heterocycles. The van der Waals surface area contributed by atoms with Gasteiger partial charge in [0.2, 0.25) is 11.8 Å². The summed E-state index contributed by atoms with van der Waals surface area (Å²) in [7, 11) is -3.96. The van der Waals surface area contributed by atoms with E-state index in [1.54, 1.807) is 0 Å². The molecule has 10 heteroatoms. The van der Waals surface area contributed by atoms with Gasteiger partial charge in [0.25, 0.3) is 10.0 Å². The van der Waals surface area contributed by atoms with Gasteiger partial charge in [-0.15, -0.1) is 0 Å². The number of pyridine rings is 1. The van der Waals surface area contributed by atoms with Gasteiger partial charge in [-0.05, 0) is 73.1 Å². The highest BCUT2D eigenvalue weighted by Crippen LogP contribution is 2.36. The van der Waals surface area contributed by atoms with E-state index in [-0.39, 0.29) is 10.8 Å². The van der Waals surface area contributed by atoms with E-state index in [4.69, 9.17) is 4.98 Å². The van der Waals surface area contributed by atoms with Gasteiger partial charge in [0, 0.05) is 18.3 Å². The number of aromatic nitrogens is 1. The van der Waals surface area contributed by atoms with Crippen LogP contribution in [0.3, 0.4) is 0 Å². The van der Waals surface area contributed by atoms with Crippen LogP contribution in [0.25, 0.3) is 0 Å². The zero-order valence-electron chi connectivity index (χ0n) is 21.1. The summed E-state index contributed by atoms with van der Waals surface area (Å²) in [6, 6.07) is 20.1. The van der Waals surface area contributed by atoms with Gasteiger partial charge in [-0.25, -0.2) is 18.1 Å². The van der Waals surface area contributed by atoms with Crippen LogP contribution >= 0.6 is 11.8 Å². The maximum absolute atomic E-state index is 13.0. The molecule has 2 amide bonds. The molecule has 196 valence electrons. The van der Waals surface area contributed by atoms with Crippen LogP contribution in [0.15, 0.2) is 70.6 Å². The van der Waals surface area contributed by atoms with E-state index in [1.165, 1.54) is 41.6 Å². The summed E-state index contributed by atoms with van der Waals surface area (Å²) >= 11 is 1.26. The fourth-order valence-electron chi connectivity index (χ4n) is 4.47. The van der Waals surface area contributed by atoms with E-state index < -0.39 is 21.2 Å². The Labute approximate surface area is 226 Å². The summed E-state index contributed by atoms with van der Waals surface area (Å²) in [5, 5.41) is 12.7. The second kappa shape index (κ2) is 11.8. The molecule has 2 aromatic carbocycles. The van der Waals surface area contributed by atoms with Gasteiger partial charge in [0.05, 0.1) is 15.7 Å². The molecule has 1 aliphatic rings. The van der Waals surface area contributed by atoms with Gasteiger partial charge in [-0.3, -0.25) is 9.59 Å². The topological polar surface area (TPSA) is 129 Å². The average Bonchev–Trinajstić information content (AvgIpc) is 2.91. The number of benzene rings is 2. The minimum Gasteiger partial charge on any atom is -0.325 e. The molecule has 8 nitrogen and oxygen atoms in total. The Hall–Kier alpha value is -3.68. The Morgan fingerprint density at radius 1 is 1.16 bits per heavy atom. The van der Waals surface area contributed by atoms with Crippen molar-refractivity contribution in [3.05, 3.63) is 83.0 Å². The Kier molecular flexibility index (Phi) is 8.49. The summed E-state index contributed by atoms with van der Waals surface area (Å²) < 4.78 is 26.2. The number of amides is 2. The number of anilines is 1. The molecule has 1 aliphatic carbocycles. The average molecular weight is 549 g/mol. The van der Waals surface area contributed by atoms with Gasteiger partial charge < -0.3 is 5.32 Å². The predicted molar refractivity (Wildman–Crippen MR) is 146 cm³/mol. The molecule has 2 unspecified atom stereocenters. The van der Waals surface area contributed by atoms with Crippen LogP contribution in [0.2, 0.25) is 0 Å². The molecule has 0 fully saturated rings. The summed E-state index contributed by atoms with van der Waals surface area (Å²) in [4.78, 5) is 28.9. The van der Waals surface area contributed by atoms with Crippen LogP contribution in [0.1, 0.15) is 55.0 Å². The highest BCUT2D eigenvalue weighted by atomic mass is 32.2. The highest BCUT2D eigenvalue weighted by Gasteiger charge is 2.26. The van der Waals surface area contributed by atoms with Crippen molar-refractivity contribution in [2.24, 2.45) is 0 Å². The molecule has 0 spiro atoms. The smallest absolute Gasteiger partial charge is 0.264 e. The summed E-state index contributed by atoms with van der Waals surface area (Å²) in [5.41, 5.74) is 4.23. The summed E-state index contributed by atoms with van der Waals surface area (Å²) in [6.45, 7) is 3.00. The van der Waals surface area contributed by atoms with E-state index in [0.29, 0.717) is 28.6 Å². The third-order valence-electron chi connectivity index (χ3n) is 6.37. The van der Waals surface area contributed by atoms with Crippen LogP contribution in [-0.2, 0) is 32.5 Å². The second-order valence-electron chi connectivity index (χ2n) is 9.10. The lowest BCUT2D eigenvalue weighted by Gasteiger charge is -2.25. The largest absolute Gasteiger partial charge is 0.325 e. The Morgan fingerprint density at radius 2 is 1.87 bits per heavy atom. The number of carbonyl (C=O) groups excluding carboxylic acids is 2. The molecule has 0 radical (unpaired) electrons. The van der Waals surface area contributed by atoms with Crippen molar-refractivity contribution in [3.63, 3.8) is 0 Å². The Morgan fingerprint density at radius 3 is 2.50 bits per heavy atom. The number of hydrogen-bond acceptors (Lipinski definition) is 7. The van der Waals surface area contributed by atoms with Crippen molar-refractivity contribution in [2.75, 3.05) is 5.32 Å². The number of nitriles is 1. The Balaban J connectivity index is 1.47. The number of sulfonamides is 1. The van der Waals surface area contributed by atoms with E-state index in [1.807, 2.05) is 35.9 Å². The summed E-state index contributed by atoms with van der Waals surface area (Å²) in [6.07, 6.45) is 3.12. The van der Waals surface area contributed by atoms with Crippen LogP contribution in [0, 0.1) is 11.3 Å². The van der Waals surface area contributed by atoms with Crippen molar-refractivity contribution in [1.82, 2.24) is 9.71 Å². The van der Waals surface area contributed by atoms with Crippen LogP contribution in [0.4, 0.5) is 5.69 Å². The van der Waals surface area contributed by atoms with Crippen LogP contribution < -0.4 is 10.0 Å². The molecule has 1 heterocycles. The lowest BCUT2D eigenvalue weighted by molar-refractivity contribution is -0.117. The zero-order valence-corrected chi connectivity index (χ0v) is 22.7. The molecule has 0 saturated carbocycles. The van der Waals surface area contributed by atoms with Gasteiger partial charge in [0.1, 0.15) is 11.1 Å². The first-order chi connectivity index (χ1) is 18.2. The molecular formula is C28H28N4O4S2. The van der Waals surface area contributed by atoms with Gasteiger partial charge in [-0.1, -0.05) is 49.0 Å². The van der Waals surface area contributed by atoms with E-state index in [0.717, 1.165) is 37.4 Å². The minimum absolute atomic E-state index is 0.0847. The number of hydrogen-bond donors (Lipinski definition) is 2. The number of nitrogens with one attached hydrogen (secondary N) is 2. The van der Waals surface area contributed by atoms with Crippen molar-refractivity contribution in [3.8, 4) is 6.07 Å². The van der Waals surface area contributed by atoms with Crippen LogP contribution in [-0.4, -0.2) is 30.5 Å². The van der Waals surface area contributed by atoms with E-state index in [2.05, 4.69) is 23.5 Å². The molecule has 3 aromatic rings. The van der Waals surface area contributed by atoms with E-state index in [9.17, 15) is 23.3 Å². The van der Waals surface area contributed by atoms with Crippen molar-refractivity contribution in [2.45, 2.75) is 60.6 Å². The summed E-state index contributed by atoms with van der Waals surface area (Å²) in [5.74, 6) is -0.569. The molecule has 38 heavy (non-hydrogen) atoms. The monoisotopic (exact) mass is 548 g/mol. The number of aryl methyl sites for hydroxylation is 1. The number of nitrogens with zero attached hydrogens (tertiary/aromatic N) is 2. The van der Waals surface area contributed by atoms with E-state index >= 15 is 0 Å². The number of rotatable bonds is 8. The van der Waals surface area contributed by atoms with Crippen molar-refractivity contribution in [1.29, 1.82) is 5.26 Å². The lowest BCUT2D eigenvalue weighted by Crippen LogP contribution is -2.28. The number of fused-ring (bicyclic) bond motifs is 1. The molecule has 2 N–H and O–H groups in total. The third kappa shape index (κ3) is 6.41. The maximum atomic E-state index is 13.0. The quantitative estimate of drug-likeness (QED) is 0.395. The molecule has 2 atom stereocenters. The van der Waals surface area contributed by atoms with Crippen molar-refractivity contribution >= 4 is 39.3 Å². The highest BCUT2D eigenvalue weighted by molar-refractivity contribution is 8.00. The SMILES string of the molecule is CCC(Sc1nc2c(cc1C#N)CC(c1ccccc1)CC2)C(=O)Nc1ccc(S(=O)(=O)NC(C)=O)cc1. The van der Waals surface area contributed by atoms with Crippen LogP contribution in [0.5, 0.6) is 0 Å².